The third-order valence-electron chi connectivity index (χ3n) is 9.05. The number of ether oxygens (including phenoxy) is 2. The second-order valence-electron chi connectivity index (χ2n) is 14.1. The molecule has 0 aromatic heterocycles. The highest BCUT2D eigenvalue weighted by atomic mass is 28.4. The van der Waals surface area contributed by atoms with Gasteiger partial charge >= 0.3 is 11.9 Å². The zero-order valence-corrected chi connectivity index (χ0v) is 32.6. The van der Waals surface area contributed by atoms with Crippen molar-refractivity contribution in [3.8, 4) is 0 Å². The first-order valence-electron chi connectivity index (χ1n) is 18.6. The van der Waals surface area contributed by atoms with E-state index in [4.69, 9.17) is 4.43 Å². The van der Waals surface area contributed by atoms with E-state index in [-0.39, 0.29) is 29.9 Å². The van der Waals surface area contributed by atoms with Gasteiger partial charge in [0.05, 0.1) is 20.6 Å². The minimum Gasteiger partial charge on any atom is -0.469 e. The first-order chi connectivity index (χ1) is 24.0. The third kappa shape index (κ3) is 15.2. The van der Waals surface area contributed by atoms with Crippen LogP contribution in [0.3, 0.4) is 0 Å². The molecule has 8 heteroatoms. The molecule has 0 saturated heterocycles. The molecule has 1 amide bonds. The van der Waals surface area contributed by atoms with Gasteiger partial charge in [0.2, 0.25) is 5.91 Å². The second-order valence-corrected chi connectivity index (χ2v) is 18.4. The van der Waals surface area contributed by atoms with Crippen molar-refractivity contribution in [3.05, 3.63) is 85.0 Å². The molecule has 0 saturated carbocycles. The van der Waals surface area contributed by atoms with E-state index >= 15 is 0 Å². The fourth-order valence-electron chi connectivity index (χ4n) is 6.33. The molecule has 0 heterocycles. The van der Waals surface area contributed by atoms with E-state index in [9.17, 15) is 14.4 Å². The van der Waals surface area contributed by atoms with E-state index in [1.165, 1.54) is 56.7 Å². The molecule has 0 spiro atoms. The van der Waals surface area contributed by atoms with Gasteiger partial charge in [-0.05, 0) is 80.1 Å². The number of methoxy groups -OCH3 is 2. The molecule has 50 heavy (non-hydrogen) atoms. The molecule has 0 unspecified atom stereocenters. The van der Waals surface area contributed by atoms with Gasteiger partial charge < -0.3 is 19.2 Å². The van der Waals surface area contributed by atoms with Crippen molar-refractivity contribution < 1.29 is 28.3 Å². The predicted molar refractivity (Wildman–Crippen MR) is 207 cm³/mol. The van der Waals surface area contributed by atoms with Gasteiger partial charge in [0.25, 0.3) is 8.32 Å². The summed E-state index contributed by atoms with van der Waals surface area (Å²) in [4.78, 5) is 35.4. The lowest BCUT2D eigenvalue weighted by Crippen LogP contribution is -2.67. The lowest BCUT2D eigenvalue weighted by molar-refractivity contribution is -0.150. The summed E-state index contributed by atoms with van der Waals surface area (Å²) in [5.41, 5.74) is 0. The monoisotopic (exact) mass is 705 g/mol. The topological polar surface area (TPSA) is 90.9 Å². The summed E-state index contributed by atoms with van der Waals surface area (Å²) in [7, 11) is -0.0396. The summed E-state index contributed by atoms with van der Waals surface area (Å²) >= 11 is 0. The fourth-order valence-corrected chi connectivity index (χ4v) is 11.1. The Labute approximate surface area is 303 Å². The quantitative estimate of drug-likeness (QED) is 0.0511. The minimum atomic E-state index is -2.50. The molecular formula is C42H63NO6Si. The summed E-state index contributed by atoms with van der Waals surface area (Å²) in [5.74, 6) is -1.51. The summed E-state index contributed by atoms with van der Waals surface area (Å²) in [6, 6.07) is 20.8. The minimum absolute atomic E-state index is 0.00226. The van der Waals surface area contributed by atoms with Crippen LogP contribution in [0, 0.1) is 0 Å². The number of rotatable bonds is 24. The SMILES string of the molecule is COC(=O)C[C@H](NC(=O)CCC/C=C\CCCCCCC/C=C\CCC[C@H](C)O[Si](c1ccccc1)(c1ccccc1)C(C)(C)C)C(=O)OC. The fraction of sp³-hybridized carbons (Fsp3) is 0.548. The predicted octanol–water partition coefficient (Wildman–Crippen LogP) is 8.36. The molecule has 276 valence electrons. The average Bonchev–Trinajstić information content (AvgIpc) is 3.11. The van der Waals surface area contributed by atoms with Gasteiger partial charge in [-0.25, -0.2) is 4.79 Å². The number of hydrogen-bond donors (Lipinski definition) is 1. The Kier molecular flexibility index (Phi) is 20.3. The van der Waals surface area contributed by atoms with Crippen LogP contribution in [0.5, 0.6) is 0 Å². The first kappa shape index (κ1) is 42.7. The standard InChI is InChI=1S/C42H63NO6Si/c1-35(49-50(42(2,3)4,36-29-23-20-24-30-36)37-31-25-21-26-32-37)28-22-18-16-14-12-10-8-7-9-11-13-15-17-19-27-33-39(44)43-38(41(46)48-6)34-40(45)47-5/h14-17,20-21,23-26,29-32,35,38H,7-13,18-19,22,27-28,33-34H2,1-6H3,(H,43,44)/b16-14-,17-15-/t35-,38-/m0/s1. The summed E-state index contributed by atoms with van der Waals surface area (Å²) in [5, 5.41) is 5.24. The zero-order chi connectivity index (χ0) is 36.7. The second kappa shape index (κ2) is 23.8. The van der Waals surface area contributed by atoms with Gasteiger partial charge in [-0.1, -0.05) is 125 Å². The zero-order valence-electron chi connectivity index (χ0n) is 31.6. The molecule has 0 fully saturated rings. The lowest BCUT2D eigenvalue weighted by Gasteiger charge is -2.44. The summed E-state index contributed by atoms with van der Waals surface area (Å²) < 4.78 is 16.5. The number of allylic oxidation sites excluding steroid dienone is 4. The molecule has 7 nitrogen and oxygen atoms in total. The molecule has 0 aliphatic rings. The lowest BCUT2D eigenvalue weighted by atomic mass is 10.1. The molecule has 0 radical (unpaired) electrons. The van der Waals surface area contributed by atoms with E-state index in [0.29, 0.717) is 6.42 Å². The highest BCUT2D eigenvalue weighted by molar-refractivity contribution is 6.99. The van der Waals surface area contributed by atoms with E-state index in [2.05, 4.69) is 127 Å². The summed E-state index contributed by atoms with van der Waals surface area (Å²) in [6.45, 7) is 9.27. The molecule has 2 atom stereocenters. The Balaban J connectivity index is 1.57. The highest BCUT2D eigenvalue weighted by Crippen LogP contribution is 2.38. The van der Waals surface area contributed by atoms with Crippen molar-refractivity contribution in [1.82, 2.24) is 5.32 Å². The maximum Gasteiger partial charge on any atom is 0.328 e. The van der Waals surface area contributed by atoms with Gasteiger partial charge in [-0.3, -0.25) is 9.59 Å². The Morgan fingerprint density at radius 2 is 1.18 bits per heavy atom. The van der Waals surface area contributed by atoms with Crippen LogP contribution in [-0.2, 0) is 28.3 Å². The van der Waals surface area contributed by atoms with Gasteiger partial charge in [0, 0.05) is 12.5 Å². The van der Waals surface area contributed by atoms with Gasteiger partial charge in [0.1, 0.15) is 6.04 Å². The van der Waals surface area contributed by atoms with Crippen LogP contribution in [-0.4, -0.2) is 52.5 Å². The number of carbonyl (C=O) groups excluding carboxylic acids is 3. The Bertz CT molecular complexity index is 1270. The average molecular weight is 706 g/mol. The van der Waals surface area contributed by atoms with Crippen LogP contribution in [0.2, 0.25) is 5.04 Å². The van der Waals surface area contributed by atoms with Crippen LogP contribution < -0.4 is 15.7 Å². The number of benzene rings is 2. The number of hydrogen-bond acceptors (Lipinski definition) is 6. The van der Waals surface area contributed by atoms with E-state index in [0.717, 1.165) is 38.5 Å². The molecule has 2 aromatic rings. The van der Waals surface area contributed by atoms with E-state index in [1.54, 1.807) is 0 Å². The molecule has 0 bridgehead atoms. The van der Waals surface area contributed by atoms with Crippen LogP contribution in [0.15, 0.2) is 85.0 Å². The number of carbonyl (C=O) groups is 3. The Morgan fingerprint density at radius 3 is 1.66 bits per heavy atom. The normalized spacial score (nSPS) is 13.3. The van der Waals surface area contributed by atoms with Crippen molar-refractivity contribution in [2.75, 3.05) is 14.2 Å². The van der Waals surface area contributed by atoms with Gasteiger partial charge in [-0.2, -0.15) is 0 Å². The maximum absolute atomic E-state index is 12.2. The van der Waals surface area contributed by atoms with E-state index in [1.807, 2.05) is 0 Å². The highest BCUT2D eigenvalue weighted by Gasteiger charge is 2.50. The van der Waals surface area contributed by atoms with Crippen molar-refractivity contribution >= 4 is 36.5 Å². The third-order valence-corrected chi connectivity index (χ3v) is 14.2. The largest absolute Gasteiger partial charge is 0.469 e. The summed E-state index contributed by atoms with van der Waals surface area (Å²) in [6.07, 6.45) is 22.3. The van der Waals surface area contributed by atoms with Gasteiger partial charge in [-0.15, -0.1) is 0 Å². The number of esters is 2. The van der Waals surface area contributed by atoms with E-state index < -0.39 is 26.3 Å². The van der Waals surface area contributed by atoms with Crippen LogP contribution in [0.4, 0.5) is 0 Å². The molecule has 2 aromatic carbocycles. The van der Waals surface area contributed by atoms with Gasteiger partial charge in [0.15, 0.2) is 0 Å². The van der Waals surface area contributed by atoms with Crippen molar-refractivity contribution in [3.63, 3.8) is 0 Å². The molecule has 1 N–H and O–H groups in total. The Morgan fingerprint density at radius 1 is 0.700 bits per heavy atom. The molecule has 2 rings (SSSR count). The first-order valence-corrected chi connectivity index (χ1v) is 20.5. The van der Waals surface area contributed by atoms with Crippen LogP contribution in [0.1, 0.15) is 118 Å². The number of nitrogens with one attached hydrogen (secondary N) is 1. The smallest absolute Gasteiger partial charge is 0.328 e. The van der Waals surface area contributed by atoms with Crippen molar-refractivity contribution in [2.24, 2.45) is 0 Å². The van der Waals surface area contributed by atoms with Crippen LogP contribution >= 0.6 is 0 Å². The van der Waals surface area contributed by atoms with Crippen molar-refractivity contribution in [1.29, 1.82) is 0 Å². The molecular weight excluding hydrogens is 643 g/mol. The number of amides is 1. The maximum atomic E-state index is 12.2. The molecule has 0 aliphatic carbocycles. The van der Waals surface area contributed by atoms with Crippen LogP contribution in [0.25, 0.3) is 0 Å². The Hall–Kier alpha value is -3.49. The van der Waals surface area contributed by atoms with Crippen molar-refractivity contribution in [2.45, 2.75) is 135 Å². The number of unbranched alkanes of at least 4 members (excludes halogenated alkanes) is 8. The molecule has 0 aliphatic heterocycles.